The number of hydrogen-bond donors (Lipinski definition) is 0. The van der Waals surface area contributed by atoms with Crippen molar-refractivity contribution in [3.05, 3.63) is 209 Å². The molecule has 0 atom stereocenters. The fraction of sp³-hybridized carbons (Fsp3) is 0.107. The highest BCUT2D eigenvalue weighted by atomic mass is 14.8. The normalized spacial score (nSPS) is 11.3. The maximum atomic E-state index is 4.83. The van der Waals surface area contributed by atoms with Crippen LogP contribution in [0.1, 0.15) is 39.1 Å². The minimum atomic E-state index is 0.919. The van der Waals surface area contributed by atoms with Gasteiger partial charge in [0.1, 0.15) is 0 Å². The SMILES string of the molecule is C=C/C=C\c1c(C)cccc1-c1ccc(-c2nc3ccccc3nc2C)cc1.Cc1ccccc1-c1c(C)c(C)c(-c2cc3ccccc3cc2C)c2ccccc12. The van der Waals surface area contributed by atoms with Gasteiger partial charge in [-0.2, -0.15) is 0 Å². The number of fused-ring (bicyclic) bond motifs is 3. The lowest BCUT2D eigenvalue weighted by atomic mass is 9.82. The number of allylic oxidation sites excluding steroid dienone is 2. The van der Waals surface area contributed by atoms with E-state index in [0.717, 1.165) is 28.0 Å². The lowest BCUT2D eigenvalue weighted by Crippen LogP contribution is -1.98. The van der Waals surface area contributed by atoms with Gasteiger partial charge in [-0.1, -0.05) is 158 Å². The van der Waals surface area contributed by atoms with E-state index < -0.39 is 0 Å². The monoisotopic (exact) mass is 748 g/mol. The molecule has 282 valence electrons. The van der Waals surface area contributed by atoms with Crippen molar-refractivity contribution >= 4 is 38.7 Å². The Kier molecular flexibility index (Phi) is 10.7. The van der Waals surface area contributed by atoms with Crippen LogP contribution < -0.4 is 0 Å². The molecule has 0 aliphatic carbocycles. The van der Waals surface area contributed by atoms with Gasteiger partial charge >= 0.3 is 0 Å². The molecule has 0 amide bonds. The Bertz CT molecular complexity index is 3020. The average molecular weight is 749 g/mol. The molecule has 0 radical (unpaired) electrons. The standard InChI is InChI=1S/C30H26.C26H22N2/c1-19-11-5-8-14-25(19)29-21(3)22(4)30(27-16-10-9-15-26(27)29)28-18-24-13-7-6-12-23(24)17-20(28)2;1-4-5-10-22-18(2)9-8-11-23(22)20-14-16-21(17-15-20)26-19(3)27-24-12-6-7-13-25(24)28-26/h5-18H,1-4H3;4-17H,1H2,2-3H3/b;10-5-. The largest absolute Gasteiger partial charge is 0.249 e. The lowest BCUT2D eigenvalue weighted by molar-refractivity contribution is 1.19. The summed E-state index contributed by atoms with van der Waals surface area (Å²) >= 11 is 0. The summed E-state index contributed by atoms with van der Waals surface area (Å²) in [4.78, 5) is 9.55. The van der Waals surface area contributed by atoms with Gasteiger partial charge in [0.05, 0.1) is 22.4 Å². The molecule has 0 saturated heterocycles. The van der Waals surface area contributed by atoms with Gasteiger partial charge in [0.25, 0.3) is 0 Å². The van der Waals surface area contributed by atoms with Gasteiger partial charge < -0.3 is 0 Å². The van der Waals surface area contributed by atoms with Crippen molar-refractivity contribution in [2.75, 3.05) is 0 Å². The van der Waals surface area contributed by atoms with Crippen LogP contribution in [0.25, 0.3) is 83.3 Å². The average Bonchev–Trinajstić information content (AvgIpc) is 3.24. The summed E-state index contributed by atoms with van der Waals surface area (Å²) in [6, 6.07) is 53.9. The van der Waals surface area contributed by atoms with Crippen molar-refractivity contribution < 1.29 is 0 Å². The van der Waals surface area contributed by atoms with Crippen molar-refractivity contribution in [1.29, 1.82) is 0 Å². The van der Waals surface area contributed by atoms with E-state index in [1.54, 1.807) is 6.08 Å². The first-order chi connectivity index (χ1) is 28.2. The topological polar surface area (TPSA) is 25.8 Å². The van der Waals surface area contributed by atoms with Gasteiger partial charge in [0.15, 0.2) is 0 Å². The molecule has 0 aliphatic heterocycles. The molecule has 9 rings (SSSR count). The quantitative estimate of drug-likeness (QED) is 0.158. The first-order valence-electron chi connectivity index (χ1n) is 20.0. The van der Waals surface area contributed by atoms with Gasteiger partial charge in [0.2, 0.25) is 0 Å². The van der Waals surface area contributed by atoms with Crippen molar-refractivity contribution in [3.63, 3.8) is 0 Å². The number of rotatable bonds is 6. The predicted molar refractivity (Wildman–Crippen MR) is 250 cm³/mol. The third kappa shape index (κ3) is 7.26. The number of aromatic nitrogens is 2. The van der Waals surface area contributed by atoms with Crippen LogP contribution in [0, 0.1) is 41.5 Å². The Labute approximate surface area is 342 Å². The lowest BCUT2D eigenvalue weighted by Gasteiger charge is -2.21. The van der Waals surface area contributed by atoms with Crippen LogP contribution in [0.5, 0.6) is 0 Å². The third-order valence-electron chi connectivity index (χ3n) is 11.5. The van der Waals surface area contributed by atoms with E-state index in [0.29, 0.717) is 0 Å². The predicted octanol–water partition coefficient (Wildman–Crippen LogP) is 15.3. The maximum Gasteiger partial charge on any atom is 0.0922 e. The zero-order valence-electron chi connectivity index (χ0n) is 34.3. The zero-order chi connectivity index (χ0) is 40.3. The van der Waals surface area contributed by atoms with Gasteiger partial charge in [-0.3, -0.25) is 0 Å². The molecule has 0 spiro atoms. The Hall–Kier alpha value is -6.90. The molecule has 0 saturated carbocycles. The highest BCUT2D eigenvalue weighted by Gasteiger charge is 2.19. The van der Waals surface area contributed by atoms with Gasteiger partial charge in [-0.15, -0.1) is 0 Å². The maximum absolute atomic E-state index is 4.83. The molecule has 2 nitrogen and oxygen atoms in total. The van der Waals surface area contributed by atoms with Gasteiger partial charge in [-0.05, 0) is 148 Å². The Morgan fingerprint density at radius 2 is 0.983 bits per heavy atom. The second kappa shape index (κ2) is 16.3. The summed E-state index contributed by atoms with van der Waals surface area (Å²) in [5, 5.41) is 5.26. The van der Waals surface area contributed by atoms with Crippen molar-refractivity contribution in [3.8, 4) is 44.6 Å². The van der Waals surface area contributed by atoms with Crippen LogP contribution in [-0.2, 0) is 0 Å². The fourth-order valence-corrected chi connectivity index (χ4v) is 8.36. The van der Waals surface area contributed by atoms with Crippen molar-refractivity contribution in [1.82, 2.24) is 9.97 Å². The van der Waals surface area contributed by atoms with Gasteiger partial charge in [-0.25, -0.2) is 9.97 Å². The first-order valence-corrected chi connectivity index (χ1v) is 20.0. The highest BCUT2D eigenvalue weighted by molar-refractivity contribution is 6.09. The van der Waals surface area contributed by atoms with Crippen LogP contribution in [0.15, 0.2) is 170 Å². The summed E-state index contributed by atoms with van der Waals surface area (Å²) in [5.74, 6) is 0. The van der Waals surface area contributed by atoms with Crippen LogP contribution in [0.2, 0.25) is 0 Å². The molecule has 0 unspecified atom stereocenters. The number of para-hydroxylation sites is 2. The van der Waals surface area contributed by atoms with E-state index in [1.807, 2.05) is 37.3 Å². The van der Waals surface area contributed by atoms with E-state index >= 15 is 0 Å². The minimum Gasteiger partial charge on any atom is -0.249 e. The molecule has 2 heteroatoms. The fourth-order valence-electron chi connectivity index (χ4n) is 8.36. The molecule has 0 bridgehead atoms. The van der Waals surface area contributed by atoms with E-state index in [-0.39, 0.29) is 0 Å². The van der Waals surface area contributed by atoms with E-state index in [4.69, 9.17) is 9.97 Å². The zero-order valence-corrected chi connectivity index (χ0v) is 34.3. The van der Waals surface area contributed by atoms with Crippen LogP contribution in [0.3, 0.4) is 0 Å². The minimum absolute atomic E-state index is 0.919. The van der Waals surface area contributed by atoms with Crippen LogP contribution in [-0.4, -0.2) is 9.97 Å². The Morgan fingerprint density at radius 3 is 1.66 bits per heavy atom. The number of nitrogens with zero attached hydrogens (tertiary/aromatic N) is 2. The molecule has 9 aromatic rings. The summed E-state index contributed by atoms with van der Waals surface area (Å²) < 4.78 is 0. The summed E-state index contributed by atoms with van der Waals surface area (Å²) in [6.45, 7) is 16.9. The second-order valence-corrected chi connectivity index (χ2v) is 15.2. The number of benzene rings is 8. The summed E-state index contributed by atoms with van der Waals surface area (Å²) in [7, 11) is 0. The molecule has 0 aliphatic rings. The molecular weight excluding hydrogens is 701 g/mol. The Morgan fingerprint density at radius 1 is 0.448 bits per heavy atom. The molecule has 0 N–H and O–H groups in total. The van der Waals surface area contributed by atoms with Crippen molar-refractivity contribution in [2.24, 2.45) is 0 Å². The first kappa shape index (κ1) is 38.0. The third-order valence-corrected chi connectivity index (χ3v) is 11.5. The molecule has 58 heavy (non-hydrogen) atoms. The van der Waals surface area contributed by atoms with E-state index in [2.05, 4.69) is 175 Å². The molecule has 8 aromatic carbocycles. The molecule has 1 aromatic heterocycles. The smallest absolute Gasteiger partial charge is 0.0922 e. The van der Waals surface area contributed by atoms with E-state index in [1.165, 1.54) is 88.3 Å². The van der Waals surface area contributed by atoms with E-state index in [9.17, 15) is 0 Å². The molecule has 0 fully saturated rings. The molecule has 1 heterocycles. The number of aryl methyl sites for hydroxylation is 4. The Balaban J connectivity index is 0.000000162. The van der Waals surface area contributed by atoms with Crippen LogP contribution >= 0.6 is 0 Å². The van der Waals surface area contributed by atoms with Crippen molar-refractivity contribution in [2.45, 2.75) is 41.5 Å². The highest BCUT2D eigenvalue weighted by Crippen LogP contribution is 2.43. The van der Waals surface area contributed by atoms with Crippen LogP contribution in [0.4, 0.5) is 0 Å². The molecular formula is C56H48N2. The van der Waals surface area contributed by atoms with Gasteiger partial charge in [0, 0.05) is 5.56 Å². The summed E-state index contributed by atoms with van der Waals surface area (Å²) in [5.41, 5.74) is 20.4. The second-order valence-electron chi connectivity index (χ2n) is 15.2. The number of hydrogen-bond acceptors (Lipinski definition) is 2. The summed E-state index contributed by atoms with van der Waals surface area (Å²) in [6.07, 6.45) is 5.90.